The molecular formula is C18H17NO4. The third-order valence-electron chi connectivity index (χ3n) is 4.09. The number of aromatic nitrogens is 1. The van der Waals surface area contributed by atoms with E-state index in [-0.39, 0.29) is 11.8 Å². The number of carboxylic acid groups (broad SMARTS) is 1. The molecule has 118 valence electrons. The molecule has 5 nitrogen and oxygen atoms in total. The molecule has 0 aliphatic heterocycles. The van der Waals surface area contributed by atoms with Crippen LogP contribution < -0.4 is 0 Å². The van der Waals surface area contributed by atoms with E-state index < -0.39 is 11.9 Å². The highest BCUT2D eigenvalue weighted by molar-refractivity contribution is 5.93. The highest BCUT2D eigenvalue weighted by Gasteiger charge is 2.19. The number of rotatable bonds is 4. The van der Waals surface area contributed by atoms with Crippen molar-refractivity contribution in [1.29, 1.82) is 0 Å². The molecule has 0 saturated heterocycles. The smallest absolute Gasteiger partial charge is 0.310 e. The SMILES string of the molecule is CCC(C(=O)O)c1ccc(-n2c(O)c3ccccc3c2O)cc1. The minimum Gasteiger partial charge on any atom is -0.494 e. The van der Waals surface area contributed by atoms with Gasteiger partial charge in [-0.2, -0.15) is 0 Å². The van der Waals surface area contributed by atoms with E-state index in [9.17, 15) is 20.1 Å². The van der Waals surface area contributed by atoms with E-state index in [1.807, 2.05) is 6.92 Å². The van der Waals surface area contributed by atoms with Crippen LogP contribution in [0.5, 0.6) is 11.8 Å². The zero-order valence-electron chi connectivity index (χ0n) is 12.6. The van der Waals surface area contributed by atoms with E-state index in [0.717, 1.165) is 0 Å². The molecular weight excluding hydrogens is 294 g/mol. The van der Waals surface area contributed by atoms with Crippen LogP contribution in [-0.4, -0.2) is 25.9 Å². The molecule has 0 bridgehead atoms. The molecule has 3 N–H and O–H groups in total. The van der Waals surface area contributed by atoms with Crippen LogP contribution in [0.2, 0.25) is 0 Å². The molecule has 23 heavy (non-hydrogen) atoms. The molecule has 0 aliphatic carbocycles. The first-order valence-corrected chi connectivity index (χ1v) is 7.39. The van der Waals surface area contributed by atoms with Crippen molar-refractivity contribution >= 4 is 16.7 Å². The van der Waals surface area contributed by atoms with Crippen molar-refractivity contribution in [1.82, 2.24) is 4.57 Å². The van der Waals surface area contributed by atoms with Gasteiger partial charge in [-0.05, 0) is 36.2 Å². The van der Waals surface area contributed by atoms with Gasteiger partial charge in [0.15, 0.2) is 0 Å². The fourth-order valence-corrected chi connectivity index (χ4v) is 2.87. The minimum absolute atomic E-state index is 0.0453. The Balaban J connectivity index is 2.08. The number of carbonyl (C=O) groups is 1. The Bertz CT molecular complexity index is 826. The third-order valence-corrected chi connectivity index (χ3v) is 4.09. The Morgan fingerprint density at radius 1 is 1.00 bits per heavy atom. The van der Waals surface area contributed by atoms with Crippen molar-refractivity contribution in [3.8, 4) is 17.4 Å². The average Bonchev–Trinajstić information content (AvgIpc) is 2.81. The van der Waals surface area contributed by atoms with Gasteiger partial charge in [-0.1, -0.05) is 31.2 Å². The highest BCUT2D eigenvalue weighted by atomic mass is 16.4. The number of nitrogens with zero attached hydrogens (tertiary/aromatic N) is 1. The highest BCUT2D eigenvalue weighted by Crippen LogP contribution is 2.38. The monoisotopic (exact) mass is 311 g/mol. The summed E-state index contributed by atoms with van der Waals surface area (Å²) >= 11 is 0. The molecule has 3 aromatic rings. The van der Waals surface area contributed by atoms with E-state index >= 15 is 0 Å². The van der Waals surface area contributed by atoms with Crippen molar-refractivity contribution in [3.05, 3.63) is 54.1 Å². The molecule has 3 rings (SSSR count). The fourth-order valence-electron chi connectivity index (χ4n) is 2.87. The Morgan fingerprint density at radius 2 is 1.52 bits per heavy atom. The van der Waals surface area contributed by atoms with Crippen LogP contribution in [0.15, 0.2) is 48.5 Å². The second kappa shape index (κ2) is 5.68. The molecule has 1 atom stereocenters. The Kier molecular flexibility index (Phi) is 3.70. The van der Waals surface area contributed by atoms with Crippen molar-refractivity contribution in [2.45, 2.75) is 19.3 Å². The summed E-state index contributed by atoms with van der Waals surface area (Å²) in [7, 11) is 0. The normalized spacial score (nSPS) is 12.4. The van der Waals surface area contributed by atoms with Crippen molar-refractivity contribution < 1.29 is 20.1 Å². The van der Waals surface area contributed by atoms with E-state index in [1.165, 1.54) is 4.57 Å². The van der Waals surface area contributed by atoms with Crippen LogP contribution in [0, 0.1) is 0 Å². The molecule has 5 heteroatoms. The van der Waals surface area contributed by atoms with Gasteiger partial charge in [-0.25, -0.2) is 0 Å². The lowest BCUT2D eigenvalue weighted by molar-refractivity contribution is -0.138. The lowest BCUT2D eigenvalue weighted by Gasteiger charge is -2.12. The zero-order valence-corrected chi connectivity index (χ0v) is 12.6. The topological polar surface area (TPSA) is 82.7 Å². The van der Waals surface area contributed by atoms with Gasteiger partial charge in [-0.15, -0.1) is 0 Å². The Labute approximate surface area is 133 Å². The summed E-state index contributed by atoms with van der Waals surface area (Å²) in [6.45, 7) is 1.82. The maximum Gasteiger partial charge on any atom is 0.310 e. The molecule has 0 amide bonds. The summed E-state index contributed by atoms with van der Waals surface area (Å²) in [5.74, 6) is -1.51. The second-order valence-corrected chi connectivity index (χ2v) is 5.42. The lowest BCUT2D eigenvalue weighted by Crippen LogP contribution is -2.10. The summed E-state index contributed by atoms with van der Waals surface area (Å²) in [4.78, 5) is 11.2. The van der Waals surface area contributed by atoms with Gasteiger partial charge in [0.1, 0.15) is 0 Å². The molecule has 0 saturated carbocycles. The van der Waals surface area contributed by atoms with E-state index in [0.29, 0.717) is 28.4 Å². The number of fused-ring (bicyclic) bond motifs is 1. The first kappa shape index (κ1) is 15.0. The zero-order chi connectivity index (χ0) is 16.6. The molecule has 0 radical (unpaired) electrons. The second-order valence-electron chi connectivity index (χ2n) is 5.42. The minimum atomic E-state index is -0.863. The maximum atomic E-state index is 11.2. The van der Waals surface area contributed by atoms with Crippen LogP contribution in [0.3, 0.4) is 0 Å². The number of benzene rings is 2. The third kappa shape index (κ3) is 2.40. The standard InChI is InChI=1S/C18H17NO4/c1-2-13(18(22)23)11-7-9-12(10-8-11)19-16(20)14-5-3-4-6-15(14)17(19)21/h3-10,13,20-21H,2H2,1H3,(H,22,23). The van der Waals surface area contributed by atoms with Gasteiger partial charge < -0.3 is 15.3 Å². The van der Waals surface area contributed by atoms with Gasteiger partial charge in [0.2, 0.25) is 11.8 Å². The first-order chi connectivity index (χ1) is 11.0. The number of hydrogen-bond acceptors (Lipinski definition) is 3. The predicted molar refractivity (Wildman–Crippen MR) is 87.3 cm³/mol. The van der Waals surface area contributed by atoms with Crippen molar-refractivity contribution in [2.24, 2.45) is 0 Å². The summed E-state index contributed by atoms with van der Waals surface area (Å²) in [5.41, 5.74) is 1.26. The molecule has 1 unspecified atom stereocenters. The molecule has 2 aromatic carbocycles. The van der Waals surface area contributed by atoms with Crippen molar-refractivity contribution in [3.63, 3.8) is 0 Å². The Hall–Kier alpha value is -2.95. The van der Waals surface area contributed by atoms with Gasteiger partial charge >= 0.3 is 5.97 Å². The van der Waals surface area contributed by atoms with Gasteiger partial charge in [0, 0.05) is 10.8 Å². The van der Waals surface area contributed by atoms with Crippen LogP contribution in [0.4, 0.5) is 0 Å². The first-order valence-electron chi connectivity index (χ1n) is 7.39. The molecule has 0 aliphatic rings. The number of aromatic hydroxyl groups is 2. The van der Waals surface area contributed by atoms with Crippen LogP contribution >= 0.6 is 0 Å². The molecule has 1 heterocycles. The number of hydrogen-bond donors (Lipinski definition) is 3. The summed E-state index contributed by atoms with van der Waals surface area (Å²) in [5, 5.41) is 31.0. The van der Waals surface area contributed by atoms with Gasteiger partial charge in [0.25, 0.3) is 0 Å². The molecule has 1 aromatic heterocycles. The van der Waals surface area contributed by atoms with E-state index in [4.69, 9.17) is 0 Å². The molecule has 0 spiro atoms. The number of carboxylic acids is 1. The summed E-state index contributed by atoms with van der Waals surface area (Å²) in [6.07, 6.45) is 0.499. The predicted octanol–water partition coefficient (Wildman–Crippen LogP) is 3.62. The van der Waals surface area contributed by atoms with Crippen LogP contribution in [0.1, 0.15) is 24.8 Å². The fraction of sp³-hybridized carbons (Fsp3) is 0.167. The number of aliphatic carboxylic acids is 1. The summed E-state index contributed by atoms with van der Waals surface area (Å²) < 4.78 is 1.34. The molecule has 0 fully saturated rings. The Morgan fingerprint density at radius 3 is 1.96 bits per heavy atom. The van der Waals surface area contributed by atoms with Gasteiger partial charge in [-0.3, -0.25) is 9.36 Å². The van der Waals surface area contributed by atoms with E-state index in [2.05, 4.69) is 0 Å². The quantitative estimate of drug-likeness (QED) is 0.687. The van der Waals surface area contributed by atoms with Crippen LogP contribution in [-0.2, 0) is 4.79 Å². The largest absolute Gasteiger partial charge is 0.494 e. The lowest BCUT2D eigenvalue weighted by atomic mass is 9.96. The maximum absolute atomic E-state index is 11.2. The average molecular weight is 311 g/mol. The van der Waals surface area contributed by atoms with E-state index in [1.54, 1.807) is 48.5 Å². The van der Waals surface area contributed by atoms with Crippen LogP contribution in [0.25, 0.3) is 16.5 Å². The van der Waals surface area contributed by atoms with Gasteiger partial charge in [0.05, 0.1) is 11.6 Å². The van der Waals surface area contributed by atoms with Crippen molar-refractivity contribution in [2.75, 3.05) is 0 Å². The summed E-state index contributed by atoms with van der Waals surface area (Å²) in [6, 6.07) is 13.8.